The molecule has 1 aromatic heterocycles. The Labute approximate surface area is 149 Å². The Balaban J connectivity index is 1.77. The van der Waals surface area contributed by atoms with Gasteiger partial charge in [0.15, 0.2) is 9.84 Å². The third kappa shape index (κ3) is 3.04. The maximum absolute atomic E-state index is 11.7. The van der Waals surface area contributed by atoms with Gasteiger partial charge in [-0.2, -0.15) is 0 Å². The van der Waals surface area contributed by atoms with Gasteiger partial charge in [-0.15, -0.1) is 0 Å². The van der Waals surface area contributed by atoms with E-state index in [4.69, 9.17) is 0 Å². The molecule has 1 heterocycles. The van der Waals surface area contributed by atoms with Crippen molar-refractivity contribution in [3.63, 3.8) is 0 Å². The summed E-state index contributed by atoms with van der Waals surface area (Å²) in [6.07, 6.45) is 9.34. The van der Waals surface area contributed by atoms with Gasteiger partial charge in [0.25, 0.3) is 0 Å². The number of hydrogen-bond acceptors (Lipinski definition) is 3. The molecule has 1 spiro atoms. The van der Waals surface area contributed by atoms with E-state index in [0.29, 0.717) is 10.3 Å². The fourth-order valence-electron chi connectivity index (χ4n) is 4.16. The summed E-state index contributed by atoms with van der Waals surface area (Å²) >= 11 is 0. The van der Waals surface area contributed by atoms with Crippen LogP contribution < -0.4 is 0 Å². The Kier molecular flexibility index (Phi) is 3.84. The first-order valence-corrected chi connectivity index (χ1v) is 10.7. The number of benzene rings is 1. The van der Waals surface area contributed by atoms with E-state index < -0.39 is 9.84 Å². The normalized spacial score (nSPS) is 19.3. The molecule has 2 aliphatic rings. The van der Waals surface area contributed by atoms with Gasteiger partial charge in [0.2, 0.25) is 0 Å². The molecule has 0 bridgehead atoms. The summed E-state index contributed by atoms with van der Waals surface area (Å²) < 4.78 is 23.4. The summed E-state index contributed by atoms with van der Waals surface area (Å²) in [7, 11) is -3.16. The van der Waals surface area contributed by atoms with E-state index in [-0.39, 0.29) is 0 Å². The summed E-state index contributed by atoms with van der Waals surface area (Å²) in [4.78, 5) is 4.86. The number of allylic oxidation sites excluding steroid dienone is 2. The van der Waals surface area contributed by atoms with E-state index in [1.165, 1.54) is 42.2 Å². The molecule has 4 rings (SSSR count). The summed E-state index contributed by atoms with van der Waals surface area (Å²) in [5.74, 6) is 0. The van der Waals surface area contributed by atoms with Gasteiger partial charge in [-0.1, -0.05) is 24.6 Å². The highest BCUT2D eigenvalue weighted by Crippen LogP contribution is 2.59. The molecule has 1 saturated carbocycles. The Hall–Kier alpha value is -1.94. The first kappa shape index (κ1) is 16.5. The van der Waals surface area contributed by atoms with Gasteiger partial charge in [0.1, 0.15) is 0 Å². The van der Waals surface area contributed by atoms with Gasteiger partial charge in [0.05, 0.1) is 4.90 Å². The zero-order chi connectivity index (χ0) is 17.7. The predicted octanol–water partition coefficient (Wildman–Crippen LogP) is 4.67. The second-order valence-corrected chi connectivity index (χ2v) is 9.66. The summed E-state index contributed by atoms with van der Waals surface area (Å²) in [6, 6.07) is 11.6. The van der Waals surface area contributed by atoms with Crippen molar-refractivity contribution in [1.29, 1.82) is 0 Å². The third-order valence-corrected chi connectivity index (χ3v) is 6.90. The minimum absolute atomic E-state index is 0.381. The Morgan fingerprint density at radius 3 is 2.00 bits per heavy atom. The number of sulfone groups is 1. The van der Waals surface area contributed by atoms with Gasteiger partial charge >= 0.3 is 0 Å². The number of aryl methyl sites for hydroxylation is 1. The van der Waals surface area contributed by atoms with Crippen LogP contribution in [0.15, 0.2) is 47.5 Å². The number of nitrogens with zero attached hydrogens (tertiary/aromatic N) is 1. The van der Waals surface area contributed by atoms with Crippen LogP contribution in [0.25, 0.3) is 11.1 Å². The van der Waals surface area contributed by atoms with E-state index >= 15 is 0 Å². The Morgan fingerprint density at radius 1 is 0.920 bits per heavy atom. The van der Waals surface area contributed by atoms with Crippen molar-refractivity contribution in [3.8, 4) is 0 Å². The van der Waals surface area contributed by atoms with Crippen molar-refractivity contribution in [2.75, 3.05) is 6.26 Å². The molecule has 2 aromatic rings. The number of hydrogen-bond donors (Lipinski definition) is 0. The topological polar surface area (TPSA) is 47.0 Å². The molecule has 3 nitrogen and oxygen atoms in total. The van der Waals surface area contributed by atoms with Crippen molar-refractivity contribution in [2.45, 2.75) is 43.9 Å². The molecule has 0 unspecified atom stereocenters. The smallest absolute Gasteiger partial charge is 0.175 e. The molecule has 25 heavy (non-hydrogen) atoms. The molecule has 130 valence electrons. The molecule has 2 aliphatic carbocycles. The minimum atomic E-state index is -3.16. The van der Waals surface area contributed by atoms with Gasteiger partial charge in [-0.3, -0.25) is 4.98 Å². The molecule has 0 saturated heterocycles. The zero-order valence-corrected chi connectivity index (χ0v) is 15.6. The highest BCUT2D eigenvalue weighted by Gasteiger charge is 2.43. The monoisotopic (exact) mass is 353 g/mol. The summed E-state index contributed by atoms with van der Waals surface area (Å²) in [6.45, 7) is 2.01. The molecule has 0 N–H and O–H groups in total. The van der Waals surface area contributed by atoms with E-state index in [2.05, 4.69) is 17.1 Å². The summed E-state index contributed by atoms with van der Waals surface area (Å²) in [5, 5.41) is 0. The highest BCUT2D eigenvalue weighted by atomic mass is 32.2. The molecule has 4 heteroatoms. The number of pyridine rings is 1. The quantitative estimate of drug-likeness (QED) is 0.806. The van der Waals surface area contributed by atoms with Gasteiger partial charge in [-0.05, 0) is 78.5 Å². The second-order valence-electron chi connectivity index (χ2n) is 7.65. The van der Waals surface area contributed by atoms with Crippen LogP contribution in [0, 0.1) is 12.3 Å². The lowest BCUT2D eigenvalue weighted by atomic mass is 9.66. The van der Waals surface area contributed by atoms with E-state index in [1.54, 1.807) is 12.1 Å². The maximum atomic E-state index is 11.7. The van der Waals surface area contributed by atoms with Crippen LogP contribution in [0.3, 0.4) is 0 Å². The van der Waals surface area contributed by atoms with Crippen LogP contribution in [0.2, 0.25) is 0 Å². The second kappa shape index (κ2) is 5.80. The molecule has 0 radical (unpaired) electrons. The minimum Gasteiger partial charge on any atom is -0.261 e. The van der Waals surface area contributed by atoms with Gasteiger partial charge in [0, 0.05) is 18.1 Å². The molecular weight excluding hydrogens is 330 g/mol. The van der Waals surface area contributed by atoms with Crippen LogP contribution >= 0.6 is 0 Å². The van der Waals surface area contributed by atoms with Crippen molar-refractivity contribution < 1.29 is 8.42 Å². The third-order valence-electron chi connectivity index (χ3n) is 5.77. The van der Waals surface area contributed by atoms with Gasteiger partial charge < -0.3 is 0 Å². The molecule has 1 fully saturated rings. The molecular formula is C21H23NO2S. The van der Waals surface area contributed by atoms with Gasteiger partial charge in [-0.25, -0.2) is 8.42 Å². The molecule has 0 aliphatic heterocycles. The Bertz CT molecular complexity index is 934. The lowest BCUT2D eigenvalue weighted by Gasteiger charge is -2.39. The fourth-order valence-corrected chi connectivity index (χ4v) is 4.79. The van der Waals surface area contributed by atoms with Crippen molar-refractivity contribution in [1.82, 2.24) is 4.98 Å². The predicted molar refractivity (Wildman–Crippen MR) is 101 cm³/mol. The first-order valence-electron chi connectivity index (χ1n) is 8.82. The summed E-state index contributed by atoms with van der Waals surface area (Å²) in [5.41, 5.74) is 6.55. The van der Waals surface area contributed by atoms with Crippen LogP contribution in [0.1, 0.15) is 48.9 Å². The van der Waals surface area contributed by atoms with Crippen molar-refractivity contribution >= 4 is 21.0 Å². The van der Waals surface area contributed by atoms with E-state index in [9.17, 15) is 8.42 Å². The SMILES string of the molecule is Cc1ccc(C2=C(c3ccc(S(C)(=O)=O)cc3)CC3(CCC3)C2)cn1. The highest BCUT2D eigenvalue weighted by molar-refractivity contribution is 7.90. The largest absolute Gasteiger partial charge is 0.261 e. The first-order chi connectivity index (χ1) is 11.9. The zero-order valence-electron chi connectivity index (χ0n) is 14.7. The molecule has 1 aromatic carbocycles. The molecule has 0 atom stereocenters. The standard InChI is InChI=1S/C21H23NO2S/c1-15-4-5-17(14-22-15)20-13-21(10-3-11-21)12-19(20)16-6-8-18(9-7-16)25(2,23)24/h4-9,14H,3,10-13H2,1-2H3. The lowest BCUT2D eigenvalue weighted by Crippen LogP contribution is -2.26. The van der Waals surface area contributed by atoms with Crippen LogP contribution in [0.4, 0.5) is 0 Å². The molecule has 0 amide bonds. The van der Waals surface area contributed by atoms with Crippen LogP contribution in [0.5, 0.6) is 0 Å². The Morgan fingerprint density at radius 2 is 1.52 bits per heavy atom. The van der Waals surface area contributed by atoms with E-state index in [0.717, 1.165) is 24.1 Å². The van der Waals surface area contributed by atoms with E-state index in [1.807, 2.05) is 25.3 Å². The van der Waals surface area contributed by atoms with Crippen LogP contribution in [-0.2, 0) is 9.84 Å². The lowest BCUT2D eigenvalue weighted by molar-refractivity contribution is 0.157. The average molecular weight is 353 g/mol. The average Bonchev–Trinajstić information content (AvgIpc) is 2.96. The van der Waals surface area contributed by atoms with Crippen LogP contribution in [-0.4, -0.2) is 19.7 Å². The van der Waals surface area contributed by atoms with Crippen molar-refractivity contribution in [2.24, 2.45) is 5.41 Å². The maximum Gasteiger partial charge on any atom is 0.175 e. The van der Waals surface area contributed by atoms with Crippen molar-refractivity contribution in [3.05, 3.63) is 59.4 Å². The fraction of sp³-hybridized carbons (Fsp3) is 0.381. The number of rotatable bonds is 3. The number of aromatic nitrogens is 1.